The highest BCUT2D eigenvalue weighted by Crippen LogP contribution is 2.42. The number of halogens is 1. The van der Waals surface area contributed by atoms with Crippen LogP contribution < -0.4 is 10.6 Å². The summed E-state index contributed by atoms with van der Waals surface area (Å²) >= 11 is 7.15. The molecule has 0 saturated heterocycles. The van der Waals surface area contributed by atoms with Crippen LogP contribution in [-0.2, 0) is 9.59 Å². The van der Waals surface area contributed by atoms with E-state index in [0.29, 0.717) is 10.7 Å². The lowest BCUT2D eigenvalue weighted by Gasteiger charge is -2.31. The maximum absolute atomic E-state index is 12.6. The number of fused-ring (bicyclic) bond motifs is 1. The van der Waals surface area contributed by atoms with Gasteiger partial charge >= 0.3 is 0 Å². The number of para-hydroxylation sites is 1. The van der Waals surface area contributed by atoms with Crippen LogP contribution in [0.25, 0.3) is 0 Å². The van der Waals surface area contributed by atoms with Crippen LogP contribution in [0.15, 0.2) is 53.4 Å². The number of carbonyl (C=O) groups is 2. The van der Waals surface area contributed by atoms with Gasteiger partial charge < -0.3 is 10.6 Å². The summed E-state index contributed by atoms with van der Waals surface area (Å²) < 4.78 is -1.24. The Hall–Kier alpha value is -1.98. The van der Waals surface area contributed by atoms with Crippen molar-refractivity contribution < 1.29 is 9.59 Å². The molecule has 0 aliphatic carbocycles. The lowest BCUT2D eigenvalue weighted by Crippen LogP contribution is -2.49. The third-order valence-electron chi connectivity index (χ3n) is 3.40. The molecule has 3 rings (SSSR count). The highest BCUT2D eigenvalue weighted by molar-refractivity contribution is 8.02. The van der Waals surface area contributed by atoms with Crippen molar-refractivity contribution in [1.82, 2.24) is 0 Å². The van der Waals surface area contributed by atoms with Gasteiger partial charge in [0, 0.05) is 15.6 Å². The van der Waals surface area contributed by atoms with Crippen LogP contribution in [0, 0.1) is 0 Å². The first-order valence-corrected chi connectivity index (χ1v) is 7.85. The van der Waals surface area contributed by atoms with Crippen LogP contribution in [0.5, 0.6) is 0 Å². The number of hydrogen-bond donors (Lipinski definition) is 2. The predicted octanol–water partition coefficient (Wildman–Crippen LogP) is 3.78. The van der Waals surface area contributed by atoms with Crippen LogP contribution in [0.2, 0.25) is 5.02 Å². The summed E-state index contributed by atoms with van der Waals surface area (Å²) in [5, 5.41) is 6.05. The van der Waals surface area contributed by atoms with Gasteiger partial charge in [0.15, 0.2) is 4.75 Å². The minimum Gasteiger partial charge on any atom is -0.324 e. The van der Waals surface area contributed by atoms with E-state index < -0.39 is 4.75 Å². The molecule has 1 atom stereocenters. The molecule has 6 heteroatoms. The van der Waals surface area contributed by atoms with Crippen molar-refractivity contribution in [1.29, 1.82) is 0 Å². The molecule has 2 aromatic rings. The minimum absolute atomic E-state index is 0.337. The Labute approximate surface area is 137 Å². The highest BCUT2D eigenvalue weighted by Gasteiger charge is 2.45. The van der Waals surface area contributed by atoms with E-state index in [-0.39, 0.29) is 11.8 Å². The Kier molecular flexibility index (Phi) is 3.85. The number of rotatable bonds is 2. The fourth-order valence-electron chi connectivity index (χ4n) is 2.13. The SMILES string of the molecule is CC1(C(=O)Nc2cccc(Cl)c2)Sc2ccccc2NC1=O. The standard InChI is InChI=1S/C16H13ClN2O2S/c1-16(14(20)18-11-6-4-5-10(17)9-11)15(21)19-12-7-2-3-8-13(12)22-16/h2-9H,1H3,(H,18,20)(H,19,21). The molecule has 1 aliphatic heterocycles. The van der Waals surface area contributed by atoms with Gasteiger partial charge in [-0.1, -0.05) is 41.6 Å². The number of nitrogens with one attached hydrogen (secondary N) is 2. The van der Waals surface area contributed by atoms with Crippen molar-refractivity contribution in [2.24, 2.45) is 0 Å². The molecule has 1 heterocycles. The largest absolute Gasteiger partial charge is 0.324 e. The predicted molar refractivity (Wildman–Crippen MR) is 89.4 cm³/mol. The lowest BCUT2D eigenvalue weighted by molar-refractivity contribution is -0.126. The van der Waals surface area contributed by atoms with Crippen molar-refractivity contribution in [3.8, 4) is 0 Å². The molecule has 0 fully saturated rings. The van der Waals surface area contributed by atoms with Crippen molar-refractivity contribution >= 4 is 46.6 Å². The van der Waals surface area contributed by atoms with Crippen molar-refractivity contribution in [2.45, 2.75) is 16.6 Å². The quantitative estimate of drug-likeness (QED) is 0.823. The third kappa shape index (κ3) is 2.69. The second-order valence-electron chi connectivity index (χ2n) is 5.05. The molecular weight excluding hydrogens is 320 g/mol. The zero-order chi connectivity index (χ0) is 15.7. The molecule has 112 valence electrons. The molecule has 0 bridgehead atoms. The second kappa shape index (κ2) is 5.66. The van der Waals surface area contributed by atoms with E-state index >= 15 is 0 Å². The van der Waals surface area contributed by atoms with Crippen LogP contribution >= 0.6 is 23.4 Å². The Morgan fingerprint density at radius 3 is 2.77 bits per heavy atom. The lowest BCUT2D eigenvalue weighted by atomic mass is 10.1. The summed E-state index contributed by atoms with van der Waals surface area (Å²) in [6.45, 7) is 1.61. The number of amides is 2. The molecule has 2 amide bonds. The molecule has 0 aromatic heterocycles. The van der Waals surface area contributed by atoms with E-state index in [1.165, 1.54) is 11.8 Å². The smallest absolute Gasteiger partial charge is 0.250 e. The first-order chi connectivity index (χ1) is 10.5. The van der Waals surface area contributed by atoms with Crippen LogP contribution in [-0.4, -0.2) is 16.6 Å². The molecular formula is C16H13ClN2O2S. The zero-order valence-corrected chi connectivity index (χ0v) is 13.3. The van der Waals surface area contributed by atoms with E-state index in [1.807, 2.05) is 24.3 Å². The van der Waals surface area contributed by atoms with Gasteiger partial charge in [0.05, 0.1) is 5.69 Å². The molecule has 1 aliphatic rings. The summed E-state index contributed by atoms with van der Waals surface area (Å²) in [7, 11) is 0. The Balaban J connectivity index is 1.87. The van der Waals surface area contributed by atoms with Crippen LogP contribution in [0.3, 0.4) is 0 Å². The summed E-state index contributed by atoms with van der Waals surface area (Å²) in [6.07, 6.45) is 0. The van der Waals surface area contributed by atoms with E-state index in [2.05, 4.69) is 10.6 Å². The molecule has 2 N–H and O–H groups in total. The normalized spacial score (nSPS) is 20.0. The Morgan fingerprint density at radius 2 is 2.00 bits per heavy atom. The third-order valence-corrected chi connectivity index (χ3v) is 4.99. The Morgan fingerprint density at radius 1 is 1.23 bits per heavy atom. The zero-order valence-electron chi connectivity index (χ0n) is 11.7. The number of hydrogen-bond acceptors (Lipinski definition) is 3. The Bertz CT molecular complexity index is 765. The fraction of sp³-hybridized carbons (Fsp3) is 0.125. The summed E-state index contributed by atoms with van der Waals surface area (Å²) in [6, 6.07) is 14.2. The molecule has 1 unspecified atom stereocenters. The molecule has 0 saturated carbocycles. The van der Waals surface area contributed by atoms with Crippen molar-refractivity contribution in [3.05, 3.63) is 53.6 Å². The molecule has 22 heavy (non-hydrogen) atoms. The van der Waals surface area contributed by atoms with Crippen LogP contribution in [0.4, 0.5) is 11.4 Å². The van der Waals surface area contributed by atoms with Gasteiger partial charge in [-0.2, -0.15) is 0 Å². The van der Waals surface area contributed by atoms with Gasteiger partial charge in [-0.25, -0.2) is 0 Å². The minimum atomic E-state index is -1.24. The number of benzene rings is 2. The maximum Gasteiger partial charge on any atom is 0.250 e. The average molecular weight is 333 g/mol. The molecule has 0 radical (unpaired) electrons. The molecule has 4 nitrogen and oxygen atoms in total. The topological polar surface area (TPSA) is 58.2 Å². The summed E-state index contributed by atoms with van der Waals surface area (Å²) in [5.41, 5.74) is 1.29. The average Bonchev–Trinajstić information content (AvgIpc) is 2.48. The highest BCUT2D eigenvalue weighted by atomic mass is 35.5. The van der Waals surface area contributed by atoms with Gasteiger partial charge in [0.2, 0.25) is 11.8 Å². The maximum atomic E-state index is 12.6. The van der Waals surface area contributed by atoms with E-state index in [9.17, 15) is 9.59 Å². The van der Waals surface area contributed by atoms with Crippen molar-refractivity contribution in [3.63, 3.8) is 0 Å². The fourth-order valence-corrected chi connectivity index (χ4v) is 3.43. The summed E-state index contributed by atoms with van der Waals surface area (Å²) in [5.74, 6) is -0.720. The van der Waals surface area contributed by atoms with Gasteiger partial charge in [-0.05, 0) is 37.3 Å². The first kappa shape index (κ1) is 14.9. The van der Waals surface area contributed by atoms with Crippen molar-refractivity contribution in [2.75, 3.05) is 10.6 Å². The van der Waals surface area contributed by atoms with Gasteiger partial charge in [0.25, 0.3) is 0 Å². The molecule has 2 aromatic carbocycles. The first-order valence-electron chi connectivity index (χ1n) is 6.65. The molecule has 0 spiro atoms. The van der Waals surface area contributed by atoms with E-state index in [4.69, 9.17) is 11.6 Å². The van der Waals surface area contributed by atoms with E-state index in [0.717, 1.165) is 10.6 Å². The number of anilines is 2. The van der Waals surface area contributed by atoms with Crippen LogP contribution in [0.1, 0.15) is 6.92 Å². The van der Waals surface area contributed by atoms with E-state index in [1.54, 1.807) is 31.2 Å². The second-order valence-corrected chi connectivity index (χ2v) is 6.95. The number of carbonyl (C=O) groups excluding carboxylic acids is 2. The van der Waals surface area contributed by atoms with Gasteiger partial charge in [-0.3, -0.25) is 9.59 Å². The monoisotopic (exact) mass is 332 g/mol. The summed E-state index contributed by atoms with van der Waals surface area (Å²) in [4.78, 5) is 25.8. The number of thioether (sulfide) groups is 1. The van der Waals surface area contributed by atoms with Gasteiger partial charge in [-0.15, -0.1) is 0 Å². The van der Waals surface area contributed by atoms with Gasteiger partial charge in [0.1, 0.15) is 0 Å².